The molecule has 1 fully saturated rings. The number of carbonyl (C=O) groups is 1. The molecule has 1 amide bonds. The summed E-state index contributed by atoms with van der Waals surface area (Å²) >= 11 is 5.91. The molecule has 1 N–H and O–H groups in total. The molecule has 0 unspecified atom stereocenters. The number of nitrogens with one attached hydrogen (secondary N) is 1. The first-order valence-electron chi connectivity index (χ1n) is 8.64. The number of amides is 1. The van der Waals surface area contributed by atoms with Crippen LogP contribution in [-0.2, 0) is 11.3 Å². The summed E-state index contributed by atoms with van der Waals surface area (Å²) in [5.41, 5.74) is 0. The third-order valence-electron chi connectivity index (χ3n) is 4.34. The van der Waals surface area contributed by atoms with Crippen LogP contribution in [0.1, 0.15) is 56.7 Å². The van der Waals surface area contributed by atoms with Crippen LogP contribution < -0.4 is 10.1 Å². The highest BCUT2D eigenvalue weighted by Gasteiger charge is 2.22. The number of aromatic nitrogens is 2. The van der Waals surface area contributed by atoms with Gasteiger partial charge in [0, 0.05) is 10.9 Å². The molecule has 0 saturated heterocycles. The Labute approximate surface area is 151 Å². The van der Waals surface area contributed by atoms with E-state index in [-0.39, 0.29) is 12.5 Å². The first-order chi connectivity index (χ1) is 12.1. The lowest BCUT2D eigenvalue weighted by Crippen LogP contribution is -2.36. The Kier molecular flexibility index (Phi) is 5.91. The molecule has 0 radical (unpaired) electrons. The van der Waals surface area contributed by atoms with Crippen molar-refractivity contribution in [3.8, 4) is 5.75 Å². The zero-order chi connectivity index (χ0) is 17.6. The fraction of sp³-hybridized carbons (Fsp3) is 0.500. The number of carbonyl (C=O) groups excluding carboxylic acids is 1. The van der Waals surface area contributed by atoms with Crippen molar-refractivity contribution in [2.45, 2.75) is 57.6 Å². The zero-order valence-electron chi connectivity index (χ0n) is 14.2. The highest BCUT2D eigenvalue weighted by molar-refractivity contribution is 6.30. The molecular weight excluding hydrogens is 342 g/mol. The van der Waals surface area contributed by atoms with E-state index in [2.05, 4.69) is 15.5 Å². The topological polar surface area (TPSA) is 77.2 Å². The number of nitrogens with zero attached hydrogens (tertiary/aromatic N) is 2. The summed E-state index contributed by atoms with van der Waals surface area (Å²) in [6.07, 6.45) is 5.23. The van der Waals surface area contributed by atoms with Crippen LogP contribution in [0.25, 0.3) is 0 Å². The van der Waals surface area contributed by atoms with Crippen molar-refractivity contribution < 1.29 is 14.1 Å². The van der Waals surface area contributed by atoms with Crippen LogP contribution in [0.2, 0.25) is 5.02 Å². The van der Waals surface area contributed by atoms with E-state index in [0.717, 1.165) is 12.8 Å². The van der Waals surface area contributed by atoms with Gasteiger partial charge in [0.2, 0.25) is 5.89 Å². The van der Waals surface area contributed by atoms with E-state index in [9.17, 15) is 4.79 Å². The van der Waals surface area contributed by atoms with E-state index in [1.807, 2.05) is 0 Å². The zero-order valence-corrected chi connectivity index (χ0v) is 15.0. The van der Waals surface area contributed by atoms with Gasteiger partial charge >= 0.3 is 0 Å². The number of hydrogen-bond donors (Lipinski definition) is 1. The Bertz CT molecular complexity index is 713. The van der Waals surface area contributed by atoms with Crippen LogP contribution in [0.5, 0.6) is 5.75 Å². The van der Waals surface area contributed by atoms with E-state index in [4.69, 9.17) is 20.9 Å². The van der Waals surface area contributed by atoms with Gasteiger partial charge in [-0.1, -0.05) is 42.1 Å². The molecule has 134 valence electrons. The van der Waals surface area contributed by atoms with Crippen molar-refractivity contribution in [1.29, 1.82) is 0 Å². The number of rotatable bonds is 6. The van der Waals surface area contributed by atoms with Crippen LogP contribution in [0.15, 0.2) is 28.8 Å². The molecule has 6 nitrogen and oxygen atoms in total. The fourth-order valence-electron chi connectivity index (χ4n) is 2.96. The first kappa shape index (κ1) is 17.7. The highest BCUT2D eigenvalue weighted by Crippen LogP contribution is 2.31. The molecule has 1 aliphatic carbocycles. The van der Waals surface area contributed by atoms with Crippen LogP contribution in [0.3, 0.4) is 0 Å². The lowest BCUT2D eigenvalue weighted by atomic mass is 9.89. The Balaban J connectivity index is 1.49. The highest BCUT2D eigenvalue weighted by atomic mass is 35.5. The van der Waals surface area contributed by atoms with Crippen molar-refractivity contribution in [2.75, 3.05) is 0 Å². The van der Waals surface area contributed by atoms with E-state index < -0.39 is 6.10 Å². The molecule has 1 aromatic heterocycles. The SMILES string of the molecule is C[C@@H](Oc1cccc(Cl)c1)C(=O)NCc1noc(C2CCCCC2)n1. The van der Waals surface area contributed by atoms with Crippen molar-refractivity contribution in [2.24, 2.45) is 0 Å². The predicted octanol–water partition coefficient (Wildman–Crippen LogP) is 3.85. The normalized spacial score (nSPS) is 16.4. The first-order valence-corrected chi connectivity index (χ1v) is 9.02. The largest absolute Gasteiger partial charge is 0.481 e. The monoisotopic (exact) mass is 363 g/mol. The van der Waals surface area contributed by atoms with Crippen LogP contribution in [0, 0.1) is 0 Å². The lowest BCUT2D eigenvalue weighted by Gasteiger charge is -2.17. The average molecular weight is 364 g/mol. The van der Waals surface area contributed by atoms with Gasteiger partial charge in [0.05, 0.1) is 6.54 Å². The van der Waals surface area contributed by atoms with Crippen LogP contribution in [-0.4, -0.2) is 22.2 Å². The van der Waals surface area contributed by atoms with Crippen LogP contribution in [0.4, 0.5) is 0 Å². The fourth-order valence-corrected chi connectivity index (χ4v) is 3.14. The van der Waals surface area contributed by atoms with Gasteiger partial charge < -0.3 is 14.6 Å². The summed E-state index contributed by atoms with van der Waals surface area (Å²) in [4.78, 5) is 16.6. The third-order valence-corrected chi connectivity index (χ3v) is 4.57. The summed E-state index contributed by atoms with van der Waals surface area (Å²) < 4.78 is 10.9. The Morgan fingerprint density at radius 2 is 2.20 bits per heavy atom. The molecule has 1 heterocycles. The summed E-state index contributed by atoms with van der Waals surface area (Å²) in [7, 11) is 0. The molecule has 1 saturated carbocycles. The van der Waals surface area contributed by atoms with E-state index in [1.165, 1.54) is 19.3 Å². The molecule has 0 aliphatic heterocycles. The minimum atomic E-state index is -0.650. The molecule has 2 aromatic rings. The maximum atomic E-state index is 12.2. The Hall–Kier alpha value is -2.08. The summed E-state index contributed by atoms with van der Waals surface area (Å²) in [5, 5.41) is 7.29. The maximum Gasteiger partial charge on any atom is 0.261 e. The molecule has 3 rings (SSSR count). The van der Waals surface area contributed by atoms with Crippen LogP contribution >= 0.6 is 11.6 Å². The second-order valence-corrected chi connectivity index (χ2v) is 6.76. The van der Waals surface area contributed by atoms with Gasteiger partial charge in [-0.05, 0) is 38.0 Å². The van der Waals surface area contributed by atoms with Gasteiger partial charge in [0.15, 0.2) is 11.9 Å². The molecular formula is C18H22ClN3O3. The summed E-state index contributed by atoms with van der Waals surface area (Å²) in [6.45, 7) is 1.90. The van der Waals surface area contributed by atoms with Gasteiger partial charge in [-0.25, -0.2) is 0 Å². The summed E-state index contributed by atoms with van der Waals surface area (Å²) in [6, 6.07) is 6.94. The summed E-state index contributed by atoms with van der Waals surface area (Å²) in [5.74, 6) is 1.84. The predicted molar refractivity (Wildman–Crippen MR) is 93.5 cm³/mol. The molecule has 7 heteroatoms. The molecule has 1 aromatic carbocycles. The van der Waals surface area contributed by atoms with Crippen molar-refractivity contribution in [3.05, 3.63) is 41.0 Å². The van der Waals surface area contributed by atoms with Gasteiger partial charge in [-0.15, -0.1) is 0 Å². The Morgan fingerprint density at radius 3 is 2.96 bits per heavy atom. The van der Waals surface area contributed by atoms with Gasteiger partial charge in [-0.2, -0.15) is 4.98 Å². The van der Waals surface area contributed by atoms with E-state index in [0.29, 0.717) is 28.4 Å². The quantitative estimate of drug-likeness (QED) is 0.843. The van der Waals surface area contributed by atoms with Crippen molar-refractivity contribution >= 4 is 17.5 Å². The van der Waals surface area contributed by atoms with Crippen molar-refractivity contribution in [1.82, 2.24) is 15.5 Å². The standard InChI is InChI=1S/C18H22ClN3O3/c1-12(24-15-9-5-8-14(19)10-15)17(23)20-11-16-21-18(25-22-16)13-6-3-2-4-7-13/h5,8-10,12-13H,2-4,6-7,11H2,1H3,(H,20,23)/t12-/m1/s1. The van der Waals surface area contributed by atoms with E-state index in [1.54, 1.807) is 31.2 Å². The number of ether oxygens (including phenoxy) is 1. The van der Waals surface area contributed by atoms with Gasteiger partial charge in [-0.3, -0.25) is 4.79 Å². The van der Waals surface area contributed by atoms with Gasteiger partial charge in [0.1, 0.15) is 5.75 Å². The lowest BCUT2D eigenvalue weighted by molar-refractivity contribution is -0.127. The smallest absolute Gasteiger partial charge is 0.261 e. The van der Waals surface area contributed by atoms with E-state index >= 15 is 0 Å². The molecule has 0 bridgehead atoms. The molecule has 1 atom stereocenters. The minimum absolute atomic E-state index is 0.221. The molecule has 25 heavy (non-hydrogen) atoms. The molecule has 1 aliphatic rings. The maximum absolute atomic E-state index is 12.2. The Morgan fingerprint density at radius 1 is 1.40 bits per heavy atom. The van der Waals surface area contributed by atoms with Crippen molar-refractivity contribution in [3.63, 3.8) is 0 Å². The average Bonchev–Trinajstić information content (AvgIpc) is 3.09. The number of hydrogen-bond acceptors (Lipinski definition) is 5. The molecule has 0 spiro atoms. The third kappa shape index (κ3) is 4.95. The van der Waals surface area contributed by atoms with Gasteiger partial charge in [0.25, 0.3) is 5.91 Å². The number of halogens is 1. The minimum Gasteiger partial charge on any atom is -0.481 e. The second kappa shape index (κ2) is 8.34. The number of benzene rings is 1. The second-order valence-electron chi connectivity index (χ2n) is 6.32.